The zero-order valence-electron chi connectivity index (χ0n) is 7.86. The molecule has 0 atom stereocenters. The van der Waals surface area contributed by atoms with E-state index in [1.54, 1.807) is 0 Å². The maximum absolute atomic E-state index is 10.8. The Labute approximate surface area is 87.2 Å². The van der Waals surface area contributed by atoms with Gasteiger partial charge in [0.25, 0.3) is 9.05 Å². The lowest BCUT2D eigenvalue weighted by Crippen LogP contribution is -2.01. The van der Waals surface area contributed by atoms with Gasteiger partial charge in [0.05, 0.1) is 6.10 Å². The van der Waals surface area contributed by atoms with Gasteiger partial charge in [-0.15, -0.1) is 0 Å². The molecule has 0 aromatic carbocycles. The SMILES string of the molecule is CC(C)OCc1ccc(S(=O)(=O)Cl)o1. The Bertz CT molecular complexity index is 393. The summed E-state index contributed by atoms with van der Waals surface area (Å²) in [6.45, 7) is 3.99. The number of ether oxygens (including phenoxy) is 1. The van der Waals surface area contributed by atoms with E-state index in [-0.39, 0.29) is 17.8 Å². The second kappa shape index (κ2) is 4.33. The lowest BCUT2D eigenvalue weighted by Gasteiger charge is -2.03. The van der Waals surface area contributed by atoms with Crippen LogP contribution in [0.1, 0.15) is 19.6 Å². The molecule has 1 aromatic heterocycles. The van der Waals surface area contributed by atoms with Crippen molar-refractivity contribution in [3.8, 4) is 0 Å². The van der Waals surface area contributed by atoms with E-state index in [4.69, 9.17) is 19.8 Å². The van der Waals surface area contributed by atoms with E-state index in [0.29, 0.717) is 5.76 Å². The molecular weight excluding hydrogens is 228 g/mol. The van der Waals surface area contributed by atoms with E-state index in [9.17, 15) is 8.42 Å². The van der Waals surface area contributed by atoms with Crippen LogP contribution in [0.15, 0.2) is 21.6 Å². The van der Waals surface area contributed by atoms with Crippen LogP contribution in [0, 0.1) is 0 Å². The van der Waals surface area contributed by atoms with Gasteiger partial charge in [0.1, 0.15) is 12.4 Å². The number of hydrogen-bond donors (Lipinski definition) is 0. The topological polar surface area (TPSA) is 56.5 Å². The number of hydrogen-bond acceptors (Lipinski definition) is 4. The highest BCUT2D eigenvalue weighted by molar-refractivity contribution is 8.13. The van der Waals surface area contributed by atoms with Gasteiger partial charge in [-0.2, -0.15) is 0 Å². The van der Waals surface area contributed by atoms with E-state index >= 15 is 0 Å². The molecule has 0 N–H and O–H groups in total. The maximum atomic E-state index is 10.8. The van der Waals surface area contributed by atoms with Crippen LogP contribution in [0.5, 0.6) is 0 Å². The quantitative estimate of drug-likeness (QED) is 0.754. The molecule has 1 aromatic rings. The molecule has 0 saturated heterocycles. The Morgan fingerprint density at radius 2 is 2.14 bits per heavy atom. The van der Waals surface area contributed by atoms with Gasteiger partial charge in [-0.05, 0) is 26.0 Å². The average molecular weight is 239 g/mol. The smallest absolute Gasteiger partial charge is 0.294 e. The minimum atomic E-state index is -3.77. The maximum Gasteiger partial charge on any atom is 0.294 e. The van der Waals surface area contributed by atoms with Crippen molar-refractivity contribution in [2.45, 2.75) is 31.7 Å². The highest BCUT2D eigenvalue weighted by Gasteiger charge is 2.15. The second-order valence-electron chi connectivity index (χ2n) is 3.02. The summed E-state index contributed by atoms with van der Waals surface area (Å²) in [5.74, 6) is 0.443. The summed E-state index contributed by atoms with van der Waals surface area (Å²) >= 11 is 0. The van der Waals surface area contributed by atoms with Crippen molar-refractivity contribution in [3.63, 3.8) is 0 Å². The highest BCUT2D eigenvalue weighted by Crippen LogP contribution is 2.18. The first kappa shape index (κ1) is 11.6. The van der Waals surface area contributed by atoms with Crippen LogP contribution in [0.25, 0.3) is 0 Å². The van der Waals surface area contributed by atoms with Gasteiger partial charge < -0.3 is 9.15 Å². The Balaban J connectivity index is 2.70. The van der Waals surface area contributed by atoms with Crippen LogP contribution in [0.2, 0.25) is 0 Å². The van der Waals surface area contributed by atoms with Crippen LogP contribution in [-0.2, 0) is 20.4 Å². The monoisotopic (exact) mass is 238 g/mol. The van der Waals surface area contributed by atoms with Crippen LogP contribution in [0.4, 0.5) is 0 Å². The summed E-state index contributed by atoms with van der Waals surface area (Å²) in [4.78, 5) is 0. The molecule has 0 bridgehead atoms. The zero-order chi connectivity index (χ0) is 10.8. The molecule has 0 aliphatic rings. The van der Waals surface area contributed by atoms with Gasteiger partial charge in [0.15, 0.2) is 0 Å². The molecule has 80 valence electrons. The normalized spacial score (nSPS) is 12.3. The fourth-order valence-electron chi connectivity index (χ4n) is 0.816. The predicted octanol–water partition coefficient (Wildman–Crippen LogP) is 2.13. The van der Waals surface area contributed by atoms with Crippen molar-refractivity contribution in [1.82, 2.24) is 0 Å². The van der Waals surface area contributed by atoms with Crippen LogP contribution < -0.4 is 0 Å². The van der Waals surface area contributed by atoms with E-state index in [1.807, 2.05) is 13.8 Å². The Morgan fingerprint density at radius 1 is 1.50 bits per heavy atom. The molecule has 6 heteroatoms. The summed E-state index contributed by atoms with van der Waals surface area (Å²) in [7, 11) is 1.30. The molecule has 0 radical (unpaired) electrons. The van der Waals surface area contributed by atoms with Gasteiger partial charge in [-0.1, -0.05) is 0 Å². The molecule has 0 fully saturated rings. The summed E-state index contributed by atoms with van der Waals surface area (Å²) in [5.41, 5.74) is 0. The first-order valence-electron chi connectivity index (χ1n) is 4.04. The van der Waals surface area contributed by atoms with Crippen molar-refractivity contribution >= 4 is 19.7 Å². The Hall–Kier alpha value is -0.520. The number of rotatable bonds is 4. The largest absolute Gasteiger partial charge is 0.446 e. The summed E-state index contributed by atoms with van der Waals surface area (Å²) in [5, 5.41) is -0.249. The lowest BCUT2D eigenvalue weighted by molar-refractivity contribution is 0.0526. The van der Waals surface area contributed by atoms with Crippen LogP contribution in [0.3, 0.4) is 0 Å². The lowest BCUT2D eigenvalue weighted by atomic mass is 10.4. The van der Waals surface area contributed by atoms with E-state index in [1.165, 1.54) is 12.1 Å². The van der Waals surface area contributed by atoms with Gasteiger partial charge >= 0.3 is 0 Å². The van der Waals surface area contributed by atoms with Crippen LogP contribution in [-0.4, -0.2) is 14.5 Å². The number of furan rings is 1. The van der Waals surface area contributed by atoms with Crippen molar-refractivity contribution in [1.29, 1.82) is 0 Å². The minimum Gasteiger partial charge on any atom is -0.446 e. The molecule has 0 aliphatic carbocycles. The third-order valence-electron chi connectivity index (χ3n) is 1.44. The standard InChI is InChI=1S/C8H11ClO4S/c1-6(2)12-5-7-3-4-8(13-7)14(9,10)11/h3-4,6H,5H2,1-2H3. The van der Waals surface area contributed by atoms with E-state index in [2.05, 4.69) is 0 Å². The first-order chi connectivity index (χ1) is 6.39. The van der Waals surface area contributed by atoms with Crippen LogP contribution >= 0.6 is 10.7 Å². The summed E-state index contributed by atoms with van der Waals surface area (Å²) in [6, 6.07) is 2.83. The van der Waals surface area contributed by atoms with Crippen molar-refractivity contribution in [2.24, 2.45) is 0 Å². The number of halogens is 1. The third-order valence-corrected chi connectivity index (χ3v) is 2.59. The third kappa shape index (κ3) is 3.32. The molecule has 0 spiro atoms. The molecule has 0 saturated carbocycles. The second-order valence-corrected chi connectivity index (χ2v) is 5.52. The van der Waals surface area contributed by atoms with Crippen molar-refractivity contribution in [2.75, 3.05) is 0 Å². The molecule has 1 rings (SSSR count). The van der Waals surface area contributed by atoms with Gasteiger partial charge in [-0.3, -0.25) is 0 Å². The van der Waals surface area contributed by atoms with Gasteiger partial charge in [0.2, 0.25) is 5.09 Å². The molecule has 0 unspecified atom stereocenters. The molecule has 4 nitrogen and oxygen atoms in total. The fraction of sp³-hybridized carbons (Fsp3) is 0.500. The molecule has 0 aliphatic heterocycles. The highest BCUT2D eigenvalue weighted by atomic mass is 35.7. The molecule has 14 heavy (non-hydrogen) atoms. The molecule has 1 heterocycles. The first-order valence-corrected chi connectivity index (χ1v) is 6.35. The Kier molecular flexibility index (Phi) is 3.58. The van der Waals surface area contributed by atoms with Gasteiger partial charge in [0, 0.05) is 10.7 Å². The van der Waals surface area contributed by atoms with E-state index < -0.39 is 9.05 Å². The Morgan fingerprint density at radius 3 is 2.57 bits per heavy atom. The predicted molar refractivity (Wildman–Crippen MR) is 51.7 cm³/mol. The zero-order valence-corrected chi connectivity index (χ0v) is 9.43. The van der Waals surface area contributed by atoms with Gasteiger partial charge in [-0.25, -0.2) is 8.42 Å². The fourth-order valence-corrected chi connectivity index (χ4v) is 1.50. The minimum absolute atomic E-state index is 0.0659. The molecular formula is C8H11ClO4S. The molecule has 0 amide bonds. The summed E-state index contributed by atoms with van der Waals surface area (Å²) in [6.07, 6.45) is 0.0659. The summed E-state index contributed by atoms with van der Waals surface area (Å²) < 4.78 is 31.8. The van der Waals surface area contributed by atoms with Crippen molar-refractivity contribution in [3.05, 3.63) is 17.9 Å². The average Bonchev–Trinajstić information content (AvgIpc) is 2.47. The van der Waals surface area contributed by atoms with Crippen molar-refractivity contribution < 1.29 is 17.6 Å². The van der Waals surface area contributed by atoms with E-state index in [0.717, 1.165) is 0 Å².